The number of hydrogen-bond donors (Lipinski definition) is 2. The van der Waals surface area contributed by atoms with Crippen LogP contribution in [0.5, 0.6) is 0 Å². The van der Waals surface area contributed by atoms with Crippen molar-refractivity contribution in [2.75, 3.05) is 10.0 Å². The number of nitrogens with zero attached hydrogens (tertiary/aromatic N) is 1. The molecule has 9 heteroatoms. The molecule has 1 fully saturated rings. The van der Waals surface area contributed by atoms with E-state index in [1.165, 1.54) is 0 Å². The standard InChI is InChI=1S/C21H21N3O4S2/c1-13-4-3-5-16(12-13)24-30(26,27)19-11-9-17(29-19)8-10-18-20(14(2)23-28-18)22-21(25)15-6-7-15/h3-5,8-12,15,24H,6-7H2,1-2H3,(H,22,25). The molecule has 2 N–H and O–H groups in total. The predicted molar refractivity (Wildman–Crippen MR) is 118 cm³/mol. The molecule has 1 aromatic carbocycles. The molecule has 0 bridgehead atoms. The number of anilines is 2. The summed E-state index contributed by atoms with van der Waals surface area (Å²) in [6.45, 7) is 3.66. The summed E-state index contributed by atoms with van der Waals surface area (Å²) < 4.78 is 33.4. The van der Waals surface area contributed by atoms with E-state index in [9.17, 15) is 13.2 Å². The minimum atomic E-state index is -3.67. The Labute approximate surface area is 178 Å². The molecule has 1 aliphatic carbocycles. The van der Waals surface area contributed by atoms with Gasteiger partial charge in [0, 0.05) is 16.5 Å². The zero-order valence-corrected chi connectivity index (χ0v) is 18.1. The summed E-state index contributed by atoms with van der Waals surface area (Å²) in [6, 6.07) is 10.5. The number of nitrogens with one attached hydrogen (secondary N) is 2. The molecule has 1 saturated carbocycles. The monoisotopic (exact) mass is 443 g/mol. The number of thiophene rings is 1. The Kier molecular flexibility index (Phi) is 5.48. The van der Waals surface area contributed by atoms with E-state index in [2.05, 4.69) is 15.2 Å². The van der Waals surface area contributed by atoms with Crippen molar-refractivity contribution in [3.05, 3.63) is 58.3 Å². The first kappa shape index (κ1) is 20.4. The fraction of sp³-hybridized carbons (Fsp3) is 0.238. The van der Waals surface area contributed by atoms with Crippen LogP contribution in [0.15, 0.2) is 45.1 Å². The van der Waals surface area contributed by atoms with E-state index >= 15 is 0 Å². The highest BCUT2D eigenvalue weighted by Crippen LogP contribution is 2.32. The van der Waals surface area contributed by atoms with E-state index in [0.29, 0.717) is 22.8 Å². The molecule has 0 unspecified atom stereocenters. The molecular formula is C21H21N3O4S2. The van der Waals surface area contributed by atoms with Crippen molar-refractivity contribution in [3.8, 4) is 0 Å². The van der Waals surface area contributed by atoms with Gasteiger partial charge in [-0.3, -0.25) is 9.52 Å². The third kappa shape index (κ3) is 4.63. The SMILES string of the molecule is Cc1cccc(NS(=O)(=O)c2ccc(C=Cc3onc(C)c3NC(=O)C3CC3)s2)c1. The quantitative estimate of drug-likeness (QED) is 0.552. The van der Waals surface area contributed by atoms with Gasteiger partial charge in [-0.25, -0.2) is 8.42 Å². The Balaban J connectivity index is 1.49. The maximum absolute atomic E-state index is 12.6. The average molecular weight is 444 g/mol. The van der Waals surface area contributed by atoms with Gasteiger partial charge >= 0.3 is 0 Å². The normalized spacial score (nSPS) is 14.2. The lowest BCUT2D eigenvalue weighted by Gasteiger charge is -2.06. The van der Waals surface area contributed by atoms with Crippen LogP contribution in [0.25, 0.3) is 12.2 Å². The van der Waals surface area contributed by atoms with Gasteiger partial charge < -0.3 is 9.84 Å². The van der Waals surface area contributed by atoms with Crippen molar-refractivity contribution in [3.63, 3.8) is 0 Å². The van der Waals surface area contributed by atoms with E-state index in [-0.39, 0.29) is 16.0 Å². The van der Waals surface area contributed by atoms with Crippen molar-refractivity contribution in [1.29, 1.82) is 0 Å². The third-order valence-electron chi connectivity index (χ3n) is 4.62. The van der Waals surface area contributed by atoms with Gasteiger partial charge in [-0.15, -0.1) is 11.3 Å². The maximum Gasteiger partial charge on any atom is 0.271 e. The van der Waals surface area contributed by atoms with Crippen LogP contribution in [0.2, 0.25) is 0 Å². The van der Waals surface area contributed by atoms with Gasteiger partial charge in [-0.2, -0.15) is 0 Å². The number of aromatic nitrogens is 1. The van der Waals surface area contributed by atoms with Gasteiger partial charge in [0.05, 0.1) is 0 Å². The Bertz CT molecular complexity index is 1220. The second-order valence-corrected chi connectivity index (χ2v) is 10.3. The van der Waals surface area contributed by atoms with Crippen LogP contribution in [0.4, 0.5) is 11.4 Å². The van der Waals surface area contributed by atoms with Crippen LogP contribution in [0.1, 0.15) is 34.7 Å². The number of hydrogen-bond acceptors (Lipinski definition) is 6. The largest absolute Gasteiger partial charge is 0.354 e. The van der Waals surface area contributed by atoms with Gasteiger partial charge in [0.1, 0.15) is 15.6 Å². The fourth-order valence-corrected chi connectivity index (χ4v) is 5.14. The van der Waals surface area contributed by atoms with Crippen molar-refractivity contribution in [2.45, 2.75) is 30.9 Å². The number of rotatable bonds is 7. The highest BCUT2D eigenvalue weighted by molar-refractivity contribution is 7.94. The molecule has 0 radical (unpaired) electrons. The fourth-order valence-electron chi connectivity index (χ4n) is 2.86. The second-order valence-electron chi connectivity index (χ2n) is 7.24. The number of carbonyl (C=O) groups is 1. The molecule has 1 aliphatic rings. The highest BCUT2D eigenvalue weighted by Gasteiger charge is 2.30. The lowest BCUT2D eigenvalue weighted by molar-refractivity contribution is -0.117. The summed E-state index contributed by atoms with van der Waals surface area (Å²) >= 11 is 1.14. The second kappa shape index (κ2) is 8.08. The average Bonchev–Trinajstić information content (AvgIpc) is 3.33. The topological polar surface area (TPSA) is 101 Å². The molecule has 1 amide bonds. The molecule has 0 aliphatic heterocycles. The number of sulfonamides is 1. The number of benzene rings is 1. The van der Waals surface area contributed by atoms with Gasteiger partial charge in [0.25, 0.3) is 10.0 Å². The molecule has 0 spiro atoms. The lowest BCUT2D eigenvalue weighted by atomic mass is 10.2. The molecule has 7 nitrogen and oxygen atoms in total. The van der Waals surface area contributed by atoms with E-state index in [1.807, 2.05) is 13.0 Å². The van der Waals surface area contributed by atoms with E-state index in [1.54, 1.807) is 49.4 Å². The first-order valence-electron chi connectivity index (χ1n) is 9.46. The van der Waals surface area contributed by atoms with Crippen LogP contribution in [0.3, 0.4) is 0 Å². The number of amides is 1. The van der Waals surface area contributed by atoms with E-state index in [4.69, 9.17) is 4.52 Å². The van der Waals surface area contributed by atoms with Crippen molar-refractivity contribution in [2.24, 2.45) is 5.92 Å². The Morgan fingerprint density at radius 1 is 1.20 bits per heavy atom. The molecule has 4 rings (SSSR count). The number of aryl methyl sites for hydroxylation is 2. The van der Waals surface area contributed by atoms with E-state index in [0.717, 1.165) is 34.6 Å². The molecule has 0 saturated heterocycles. The highest BCUT2D eigenvalue weighted by atomic mass is 32.2. The first-order valence-corrected chi connectivity index (χ1v) is 11.8. The summed E-state index contributed by atoms with van der Waals surface area (Å²) in [6.07, 6.45) is 5.23. The Morgan fingerprint density at radius 3 is 2.73 bits per heavy atom. The lowest BCUT2D eigenvalue weighted by Crippen LogP contribution is -2.14. The van der Waals surface area contributed by atoms with Crippen LogP contribution in [0, 0.1) is 19.8 Å². The van der Waals surface area contributed by atoms with E-state index < -0.39 is 10.0 Å². The third-order valence-corrected chi connectivity index (χ3v) is 7.55. The zero-order valence-electron chi connectivity index (χ0n) is 16.5. The van der Waals surface area contributed by atoms with Crippen LogP contribution >= 0.6 is 11.3 Å². The summed E-state index contributed by atoms with van der Waals surface area (Å²) in [5.41, 5.74) is 2.64. The van der Waals surface area contributed by atoms with Crippen LogP contribution < -0.4 is 10.0 Å². The predicted octanol–water partition coefficient (Wildman–Crippen LogP) is 4.67. The van der Waals surface area contributed by atoms with Gasteiger partial charge in [0.2, 0.25) is 5.91 Å². The molecular weight excluding hydrogens is 422 g/mol. The minimum absolute atomic E-state index is 0.0253. The smallest absolute Gasteiger partial charge is 0.271 e. The molecule has 3 aromatic rings. The minimum Gasteiger partial charge on any atom is -0.354 e. The zero-order chi connectivity index (χ0) is 21.3. The Morgan fingerprint density at radius 2 is 2.00 bits per heavy atom. The summed E-state index contributed by atoms with van der Waals surface area (Å²) in [7, 11) is -3.67. The number of carbonyl (C=O) groups excluding carboxylic acids is 1. The molecule has 2 heterocycles. The summed E-state index contributed by atoms with van der Waals surface area (Å²) in [5.74, 6) is 0.474. The molecule has 30 heavy (non-hydrogen) atoms. The van der Waals surface area contributed by atoms with Gasteiger partial charge in [0.15, 0.2) is 5.76 Å². The first-order chi connectivity index (χ1) is 14.3. The van der Waals surface area contributed by atoms with Gasteiger partial charge in [-0.05, 0) is 68.7 Å². The van der Waals surface area contributed by atoms with Crippen molar-refractivity contribution in [1.82, 2.24) is 5.16 Å². The van der Waals surface area contributed by atoms with Crippen LogP contribution in [-0.2, 0) is 14.8 Å². The molecule has 2 aromatic heterocycles. The van der Waals surface area contributed by atoms with Crippen molar-refractivity contribution < 1.29 is 17.7 Å². The summed E-state index contributed by atoms with van der Waals surface area (Å²) in [5, 5.41) is 6.79. The van der Waals surface area contributed by atoms with Crippen molar-refractivity contribution >= 4 is 50.8 Å². The molecule has 156 valence electrons. The summed E-state index contributed by atoms with van der Waals surface area (Å²) in [4.78, 5) is 12.8. The van der Waals surface area contributed by atoms with Crippen LogP contribution in [-0.4, -0.2) is 19.5 Å². The van der Waals surface area contributed by atoms with Gasteiger partial charge in [-0.1, -0.05) is 17.3 Å². The molecule has 0 atom stereocenters. The maximum atomic E-state index is 12.6. The Hall–Kier alpha value is -2.91.